The van der Waals surface area contributed by atoms with E-state index in [0.717, 1.165) is 6.07 Å². The highest BCUT2D eigenvalue weighted by Gasteiger charge is 2.24. The van der Waals surface area contributed by atoms with Gasteiger partial charge in [0, 0.05) is 11.8 Å². The van der Waals surface area contributed by atoms with E-state index < -0.39 is 22.4 Å². The number of rotatable bonds is 6. The topological polar surface area (TPSA) is 144 Å². The van der Waals surface area contributed by atoms with Crippen LogP contribution in [0.15, 0.2) is 66.2 Å². The Morgan fingerprint density at radius 3 is 2.44 bits per heavy atom. The highest BCUT2D eigenvalue weighted by molar-refractivity contribution is 6.34. The Kier molecular flexibility index (Phi) is 7.13. The number of nitro groups is 1. The van der Waals surface area contributed by atoms with Gasteiger partial charge in [-0.3, -0.25) is 19.7 Å². The van der Waals surface area contributed by atoms with E-state index in [4.69, 9.17) is 21.1 Å². The summed E-state index contributed by atoms with van der Waals surface area (Å²) in [5, 5.41) is 26.5. The Morgan fingerprint density at radius 1 is 1.03 bits per heavy atom. The van der Waals surface area contributed by atoms with Gasteiger partial charge in [0.05, 0.1) is 21.6 Å². The third-order valence-corrected chi connectivity index (χ3v) is 5.37. The summed E-state index contributed by atoms with van der Waals surface area (Å²) in [7, 11) is 0. The quantitative estimate of drug-likeness (QED) is 0.212. The number of carbonyl (C=O) groups is 2. The predicted octanol–water partition coefficient (Wildman–Crippen LogP) is 4.82. The standard InChI is InChI=1S/C25H17ClN4O6/c26-19-7-2-1-6-18(19)25(32)28-17-5-3-4-15(11-17)10-16(14-27)24(31)29-20-12-22-23(36-9-8-35-22)13-21(20)30(33)34/h1-7,10-13H,8-9H2,(H,28,32)(H,29,31). The number of amides is 2. The molecule has 3 aromatic carbocycles. The number of nitrogens with zero attached hydrogens (tertiary/aromatic N) is 2. The molecule has 0 spiro atoms. The summed E-state index contributed by atoms with van der Waals surface area (Å²) >= 11 is 6.07. The molecule has 180 valence electrons. The van der Waals surface area contributed by atoms with Crippen molar-refractivity contribution in [1.29, 1.82) is 5.26 Å². The Balaban J connectivity index is 1.55. The largest absolute Gasteiger partial charge is 0.486 e. The molecule has 0 fully saturated rings. The molecule has 0 unspecified atom stereocenters. The molecule has 0 atom stereocenters. The third kappa shape index (κ3) is 5.43. The minimum absolute atomic E-state index is 0.142. The van der Waals surface area contributed by atoms with Crippen LogP contribution in [-0.4, -0.2) is 30.0 Å². The van der Waals surface area contributed by atoms with Gasteiger partial charge in [-0.1, -0.05) is 35.9 Å². The molecule has 2 N–H and O–H groups in total. The minimum atomic E-state index is -0.859. The Bertz CT molecular complexity index is 1450. The molecule has 0 aromatic heterocycles. The van der Waals surface area contributed by atoms with Gasteiger partial charge in [-0.25, -0.2) is 0 Å². The zero-order valence-corrected chi connectivity index (χ0v) is 19.2. The third-order valence-electron chi connectivity index (χ3n) is 5.04. The number of nitro benzene ring substituents is 1. The second-order valence-corrected chi connectivity index (χ2v) is 7.86. The molecule has 1 aliphatic rings. The van der Waals surface area contributed by atoms with Crippen molar-refractivity contribution in [2.24, 2.45) is 0 Å². The first-order valence-corrected chi connectivity index (χ1v) is 10.9. The molecule has 0 saturated heterocycles. The van der Waals surface area contributed by atoms with Crippen molar-refractivity contribution in [3.05, 3.63) is 92.5 Å². The van der Waals surface area contributed by atoms with Crippen LogP contribution in [0.5, 0.6) is 11.5 Å². The van der Waals surface area contributed by atoms with Crippen LogP contribution >= 0.6 is 11.6 Å². The van der Waals surface area contributed by atoms with Gasteiger partial charge in [-0.15, -0.1) is 0 Å². The lowest BCUT2D eigenvalue weighted by Gasteiger charge is -2.19. The lowest BCUT2D eigenvalue weighted by Crippen LogP contribution is -2.18. The average Bonchev–Trinajstić information content (AvgIpc) is 2.87. The maximum atomic E-state index is 12.8. The predicted molar refractivity (Wildman–Crippen MR) is 132 cm³/mol. The number of halogens is 1. The number of anilines is 2. The van der Waals surface area contributed by atoms with E-state index in [1.807, 2.05) is 0 Å². The van der Waals surface area contributed by atoms with Gasteiger partial charge in [0.2, 0.25) is 0 Å². The van der Waals surface area contributed by atoms with Crippen LogP contribution in [0.2, 0.25) is 5.02 Å². The summed E-state index contributed by atoms with van der Waals surface area (Å²) in [5.41, 5.74) is 0.279. The Morgan fingerprint density at radius 2 is 1.75 bits per heavy atom. The number of nitrogens with one attached hydrogen (secondary N) is 2. The van der Waals surface area contributed by atoms with Crippen LogP contribution in [0.4, 0.5) is 17.1 Å². The van der Waals surface area contributed by atoms with Gasteiger partial charge in [0.1, 0.15) is 30.5 Å². The van der Waals surface area contributed by atoms with E-state index in [1.54, 1.807) is 54.6 Å². The van der Waals surface area contributed by atoms with Crippen molar-refractivity contribution in [3.8, 4) is 17.6 Å². The number of carbonyl (C=O) groups excluding carboxylic acids is 2. The maximum Gasteiger partial charge on any atom is 0.296 e. The second kappa shape index (κ2) is 10.6. The van der Waals surface area contributed by atoms with Gasteiger partial charge in [-0.2, -0.15) is 5.26 Å². The van der Waals surface area contributed by atoms with Crippen molar-refractivity contribution in [1.82, 2.24) is 0 Å². The fourth-order valence-corrected chi connectivity index (χ4v) is 3.61. The molecule has 0 bridgehead atoms. The fourth-order valence-electron chi connectivity index (χ4n) is 3.38. The van der Waals surface area contributed by atoms with Gasteiger partial charge < -0.3 is 20.1 Å². The molecule has 10 nitrogen and oxygen atoms in total. The highest BCUT2D eigenvalue weighted by Crippen LogP contribution is 2.39. The summed E-state index contributed by atoms with van der Waals surface area (Å²) in [6.07, 6.45) is 1.30. The second-order valence-electron chi connectivity index (χ2n) is 7.45. The van der Waals surface area contributed by atoms with Crippen molar-refractivity contribution >= 4 is 46.6 Å². The summed E-state index contributed by atoms with van der Waals surface area (Å²) in [5.74, 6) is -0.849. The minimum Gasteiger partial charge on any atom is -0.486 e. The van der Waals surface area contributed by atoms with Gasteiger partial charge >= 0.3 is 0 Å². The molecule has 4 rings (SSSR count). The first kappa shape index (κ1) is 24.3. The number of nitriles is 1. The number of ether oxygens (including phenoxy) is 2. The zero-order chi connectivity index (χ0) is 25.7. The van der Waals surface area contributed by atoms with Crippen molar-refractivity contribution < 1.29 is 24.0 Å². The number of hydrogen-bond acceptors (Lipinski definition) is 7. The van der Waals surface area contributed by atoms with E-state index in [2.05, 4.69) is 10.6 Å². The fraction of sp³-hybridized carbons (Fsp3) is 0.0800. The van der Waals surface area contributed by atoms with Gasteiger partial charge in [-0.05, 0) is 35.9 Å². The molecule has 3 aromatic rings. The van der Waals surface area contributed by atoms with Crippen LogP contribution in [0, 0.1) is 21.4 Å². The SMILES string of the molecule is N#CC(=Cc1cccc(NC(=O)c2ccccc2Cl)c1)C(=O)Nc1cc2c(cc1[N+](=O)[O-])OCCO2. The molecule has 2 amide bonds. The van der Waals surface area contributed by atoms with E-state index in [9.17, 15) is 25.0 Å². The average molecular weight is 505 g/mol. The van der Waals surface area contributed by atoms with E-state index in [0.29, 0.717) is 21.8 Å². The summed E-state index contributed by atoms with van der Waals surface area (Å²) in [6, 6.07) is 17.3. The molecule has 0 aliphatic carbocycles. The Labute approximate surface area is 209 Å². The van der Waals surface area contributed by atoms with Crippen LogP contribution in [0.1, 0.15) is 15.9 Å². The normalized spacial score (nSPS) is 12.3. The number of hydrogen-bond donors (Lipinski definition) is 2. The zero-order valence-electron chi connectivity index (χ0n) is 18.5. The van der Waals surface area contributed by atoms with Crippen molar-refractivity contribution in [3.63, 3.8) is 0 Å². The van der Waals surface area contributed by atoms with Gasteiger partial charge in [0.25, 0.3) is 17.5 Å². The van der Waals surface area contributed by atoms with E-state index in [-0.39, 0.29) is 36.0 Å². The molecule has 36 heavy (non-hydrogen) atoms. The van der Waals surface area contributed by atoms with Crippen LogP contribution < -0.4 is 20.1 Å². The molecule has 0 radical (unpaired) electrons. The lowest BCUT2D eigenvalue weighted by atomic mass is 10.1. The van der Waals surface area contributed by atoms with Crippen molar-refractivity contribution in [2.75, 3.05) is 23.8 Å². The summed E-state index contributed by atoms with van der Waals surface area (Å²) < 4.78 is 10.8. The first-order chi connectivity index (χ1) is 17.4. The lowest BCUT2D eigenvalue weighted by molar-refractivity contribution is -0.384. The monoisotopic (exact) mass is 504 g/mol. The molecule has 1 aliphatic heterocycles. The molecule has 11 heteroatoms. The Hall–Kier alpha value is -4.88. The molecule has 0 saturated carbocycles. The van der Waals surface area contributed by atoms with E-state index in [1.165, 1.54) is 12.1 Å². The van der Waals surface area contributed by atoms with Crippen molar-refractivity contribution in [2.45, 2.75) is 0 Å². The van der Waals surface area contributed by atoms with Crippen LogP contribution in [0.25, 0.3) is 6.08 Å². The summed E-state index contributed by atoms with van der Waals surface area (Å²) in [4.78, 5) is 36.2. The van der Waals surface area contributed by atoms with Crippen LogP contribution in [-0.2, 0) is 4.79 Å². The highest BCUT2D eigenvalue weighted by atomic mass is 35.5. The van der Waals surface area contributed by atoms with Crippen LogP contribution in [0.3, 0.4) is 0 Å². The number of fused-ring (bicyclic) bond motifs is 1. The summed E-state index contributed by atoms with van der Waals surface area (Å²) in [6.45, 7) is 0.500. The van der Waals surface area contributed by atoms with Gasteiger partial charge in [0.15, 0.2) is 11.5 Å². The molecule has 1 heterocycles. The first-order valence-electron chi connectivity index (χ1n) is 10.5. The molecular weight excluding hydrogens is 488 g/mol. The maximum absolute atomic E-state index is 12.8. The smallest absolute Gasteiger partial charge is 0.296 e. The van der Waals surface area contributed by atoms with E-state index >= 15 is 0 Å². The molecular formula is C25H17ClN4O6. The number of benzene rings is 3.